The Labute approximate surface area is 175 Å². The minimum Gasteiger partial charge on any atom is -0.335 e. The summed E-state index contributed by atoms with van der Waals surface area (Å²) < 4.78 is 60.2. The number of hydrogen-bond acceptors (Lipinski definition) is 6. The first-order chi connectivity index (χ1) is 14.0. The molecule has 1 fully saturated rings. The maximum atomic E-state index is 14.5. The minimum absolute atomic E-state index is 0.0131. The van der Waals surface area contributed by atoms with Gasteiger partial charge in [0.1, 0.15) is 0 Å². The highest BCUT2D eigenvalue weighted by molar-refractivity contribution is 7.90. The molecular weight excluding hydrogens is 414 g/mol. The number of sulfonamides is 1. The molecule has 1 saturated carbocycles. The van der Waals surface area contributed by atoms with Crippen molar-refractivity contribution in [2.75, 3.05) is 11.9 Å². The molecule has 7 nitrogen and oxygen atoms in total. The van der Waals surface area contributed by atoms with Crippen LogP contribution in [0, 0.1) is 5.92 Å². The molecular formula is C20H28F2N4O3S. The molecule has 0 bridgehead atoms. The van der Waals surface area contributed by atoms with E-state index in [0.717, 1.165) is 25.7 Å². The van der Waals surface area contributed by atoms with Crippen LogP contribution in [-0.4, -0.2) is 35.9 Å². The zero-order valence-corrected chi connectivity index (χ0v) is 18.2. The van der Waals surface area contributed by atoms with Gasteiger partial charge in [0, 0.05) is 18.2 Å². The van der Waals surface area contributed by atoms with E-state index in [2.05, 4.69) is 20.2 Å². The number of anilines is 1. The number of nitrogens with one attached hydrogen (secondary N) is 2. The Kier molecular flexibility index (Phi) is 6.47. The van der Waals surface area contributed by atoms with E-state index in [1.165, 1.54) is 24.3 Å². The van der Waals surface area contributed by atoms with Crippen molar-refractivity contribution >= 4 is 16.0 Å². The van der Waals surface area contributed by atoms with Gasteiger partial charge in [0.2, 0.25) is 15.8 Å². The predicted octanol–water partition coefficient (Wildman–Crippen LogP) is 3.90. The molecule has 1 aliphatic rings. The Hall–Kier alpha value is -2.07. The van der Waals surface area contributed by atoms with Crippen molar-refractivity contribution in [2.24, 2.45) is 5.92 Å². The molecule has 2 N–H and O–H groups in total. The fraction of sp³-hybridized carbons (Fsp3) is 0.600. The van der Waals surface area contributed by atoms with E-state index in [0.29, 0.717) is 6.54 Å². The van der Waals surface area contributed by atoms with Crippen molar-refractivity contribution in [1.82, 2.24) is 14.9 Å². The number of halogens is 2. The van der Waals surface area contributed by atoms with Gasteiger partial charge < -0.3 is 9.84 Å². The Bertz CT molecular complexity index is 934. The first-order valence-electron chi connectivity index (χ1n) is 10.0. The predicted molar refractivity (Wildman–Crippen MR) is 110 cm³/mol. The molecule has 30 heavy (non-hydrogen) atoms. The fourth-order valence-corrected chi connectivity index (χ4v) is 4.20. The van der Waals surface area contributed by atoms with Crippen molar-refractivity contribution in [3.63, 3.8) is 0 Å². The molecule has 2 aromatic rings. The number of alkyl halides is 2. The third-order valence-corrected chi connectivity index (χ3v) is 7.54. The lowest BCUT2D eigenvalue weighted by Crippen LogP contribution is -2.42. The molecule has 1 heterocycles. The molecule has 1 aromatic carbocycles. The largest absolute Gasteiger partial charge is 0.335 e. The molecule has 1 aliphatic carbocycles. The molecule has 0 amide bonds. The molecule has 0 saturated heterocycles. The smallest absolute Gasteiger partial charge is 0.335 e. The summed E-state index contributed by atoms with van der Waals surface area (Å²) >= 11 is 0. The molecule has 166 valence electrons. The van der Waals surface area contributed by atoms with E-state index < -0.39 is 26.5 Å². The number of nitrogens with zero attached hydrogens (tertiary/aromatic N) is 2. The summed E-state index contributed by atoms with van der Waals surface area (Å²) in [6.45, 7) is 5.39. The molecule has 0 aliphatic heterocycles. The Morgan fingerprint density at radius 3 is 2.33 bits per heavy atom. The Balaban J connectivity index is 1.52. The summed E-state index contributed by atoms with van der Waals surface area (Å²) in [4.78, 5) is 3.84. The highest BCUT2D eigenvalue weighted by atomic mass is 32.2. The van der Waals surface area contributed by atoms with Gasteiger partial charge >= 0.3 is 11.9 Å². The topological polar surface area (TPSA) is 97.1 Å². The van der Waals surface area contributed by atoms with Gasteiger partial charge in [0.05, 0.1) is 4.75 Å². The summed E-state index contributed by atoms with van der Waals surface area (Å²) in [6.07, 6.45) is 3.14. The number of benzene rings is 1. The van der Waals surface area contributed by atoms with Crippen LogP contribution < -0.4 is 10.0 Å². The van der Waals surface area contributed by atoms with Crippen LogP contribution in [0.5, 0.6) is 0 Å². The standard InChI is InChI=1S/C20H28F2N4O3S/c1-19(2,3)30(27,28)23-13-14-9-11-16(12-10-14)24-18-25-17(26-29-18)20(21,22)15-7-5-4-6-8-15/h4-8,14,16,23H,9-13H2,1-3H3,(H,24,25,26)/t14-,16-. The zero-order chi connectivity index (χ0) is 22.0. The zero-order valence-electron chi connectivity index (χ0n) is 17.4. The summed E-state index contributed by atoms with van der Waals surface area (Å²) in [5, 5.41) is 6.48. The minimum atomic E-state index is -3.36. The van der Waals surface area contributed by atoms with Gasteiger partial charge in [-0.3, -0.25) is 0 Å². The van der Waals surface area contributed by atoms with Crippen molar-refractivity contribution in [1.29, 1.82) is 0 Å². The van der Waals surface area contributed by atoms with Crippen LogP contribution in [0.3, 0.4) is 0 Å². The van der Waals surface area contributed by atoms with Gasteiger partial charge in [-0.15, -0.1) is 0 Å². The van der Waals surface area contributed by atoms with Crippen molar-refractivity contribution in [3.05, 3.63) is 41.7 Å². The molecule has 0 atom stereocenters. The molecule has 10 heteroatoms. The van der Waals surface area contributed by atoms with Gasteiger partial charge in [-0.05, 0) is 52.4 Å². The highest BCUT2D eigenvalue weighted by Crippen LogP contribution is 2.34. The Morgan fingerprint density at radius 1 is 1.10 bits per heavy atom. The lowest BCUT2D eigenvalue weighted by atomic mass is 9.86. The van der Waals surface area contributed by atoms with Gasteiger partial charge in [-0.25, -0.2) is 13.1 Å². The average molecular weight is 443 g/mol. The van der Waals surface area contributed by atoms with E-state index in [-0.39, 0.29) is 23.5 Å². The van der Waals surface area contributed by atoms with Crippen LogP contribution in [0.15, 0.2) is 34.9 Å². The van der Waals surface area contributed by atoms with Gasteiger partial charge in [0.15, 0.2) is 0 Å². The third kappa shape index (κ3) is 5.15. The normalized spacial score (nSPS) is 20.8. The van der Waals surface area contributed by atoms with Crippen LogP contribution in [0.2, 0.25) is 0 Å². The molecule has 0 radical (unpaired) electrons. The second-order valence-electron chi connectivity index (χ2n) is 8.69. The van der Waals surface area contributed by atoms with Crippen LogP contribution in [-0.2, 0) is 15.9 Å². The van der Waals surface area contributed by atoms with Crippen LogP contribution >= 0.6 is 0 Å². The van der Waals surface area contributed by atoms with Crippen molar-refractivity contribution in [3.8, 4) is 0 Å². The maximum Gasteiger partial charge on any atom is 0.335 e. The molecule has 1 aromatic heterocycles. The number of hydrogen-bond donors (Lipinski definition) is 2. The molecule has 0 spiro atoms. The van der Waals surface area contributed by atoms with E-state index in [1.807, 2.05) is 0 Å². The van der Waals surface area contributed by atoms with Crippen LogP contribution in [0.4, 0.5) is 14.8 Å². The second-order valence-corrected chi connectivity index (χ2v) is 11.2. The first-order valence-corrected chi connectivity index (χ1v) is 11.5. The number of rotatable bonds is 7. The van der Waals surface area contributed by atoms with E-state index in [1.54, 1.807) is 26.8 Å². The monoisotopic (exact) mass is 442 g/mol. The molecule has 0 unspecified atom stereocenters. The van der Waals surface area contributed by atoms with Crippen molar-refractivity contribution < 1.29 is 21.7 Å². The van der Waals surface area contributed by atoms with E-state index in [9.17, 15) is 17.2 Å². The molecule has 3 rings (SSSR count). The van der Waals surface area contributed by atoms with Gasteiger partial charge in [0.25, 0.3) is 0 Å². The van der Waals surface area contributed by atoms with Gasteiger partial charge in [-0.2, -0.15) is 13.8 Å². The SMILES string of the molecule is CC(C)(C)S(=O)(=O)NC[C@H]1CC[C@H](Nc2nc(C(F)(F)c3ccccc3)no2)CC1. The number of aromatic nitrogens is 2. The second kappa shape index (κ2) is 8.58. The summed E-state index contributed by atoms with van der Waals surface area (Å²) in [5.74, 6) is -3.78. The lowest BCUT2D eigenvalue weighted by molar-refractivity contribution is 0.0304. The fourth-order valence-electron chi connectivity index (χ4n) is 3.32. The average Bonchev–Trinajstić information content (AvgIpc) is 3.17. The van der Waals surface area contributed by atoms with Crippen LogP contribution in [0.1, 0.15) is 57.8 Å². The quantitative estimate of drug-likeness (QED) is 0.675. The maximum absolute atomic E-state index is 14.5. The summed E-state index contributed by atoms with van der Waals surface area (Å²) in [7, 11) is -3.36. The third-order valence-electron chi connectivity index (χ3n) is 5.39. The first kappa shape index (κ1) is 22.6. The Morgan fingerprint density at radius 2 is 1.73 bits per heavy atom. The van der Waals surface area contributed by atoms with E-state index in [4.69, 9.17) is 4.52 Å². The summed E-state index contributed by atoms with van der Waals surface area (Å²) in [5.41, 5.74) is -0.199. The van der Waals surface area contributed by atoms with Crippen LogP contribution in [0.25, 0.3) is 0 Å². The highest BCUT2D eigenvalue weighted by Gasteiger charge is 2.39. The van der Waals surface area contributed by atoms with Gasteiger partial charge in [-0.1, -0.05) is 35.5 Å². The summed E-state index contributed by atoms with van der Waals surface area (Å²) in [6, 6.07) is 7.34. The van der Waals surface area contributed by atoms with E-state index >= 15 is 0 Å². The van der Waals surface area contributed by atoms with Crippen molar-refractivity contribution in [2.45, 2.75) is 63.2 Å². The lowest BCUT2D eigenvalue weighted by Gasteiger charge is -2.29.